The number of para-hydroxylation sites is 3. The molecule has 6 nitrogen and oxygen atoms in total. The maximum absolute atomic E-state index is 5.48. The van der Waals surface area contributed by atoms with Crippen LogP contribution in [0.15, 0.2) is 218 Å². The minimum absolute atomic E-state index is 0.609. The van der Waals surface area contributed by atoms with E-state index in [1.54, 1.807) is 11.3 Å². The molecule has 320 valence electrons. The van der Waals surface area contributed by atoms with Crippen molar-refractivity contribution in [3.8, 4) is 73.6 Å². The second-order valence-electron chi connectivity index (χ2n) is 17.9. The largest absolute Gasteiger partial charge is 0.309 e. The first-order valence-electron chi connectivity index (χ1n) is 23.3. The highest BCUT2D eigenvalue weighted by Gasteiger charge is 2.51. The second kappa shape index (κ2) is 14.5. The Labute approximate surface area is 400 Å². The van der Waals surface area contributed by atoms with Crippen molar-refractivity contribution < 1.29 is 0 Å². The first-order chi connectivity index (χ1) is 34.2. The summed E-state index contributed by atoms with van der Waals surface area (Å²) in [6, 6.07) is 77.8. The van der Waals surface area contributed by atoms with E-state index >= 15 is 0 Å². The Kier molecular flexibility index (Phi) is 8.06. The Bertz CT molecular complexity index is 4200. The molecular weight excluding hydrogens is 861 g/mol. The predicted molar refractivity (Wildman–Crippen MR) is 281 cm³/mol. The lowest BCUT2D eigenvalue weighted by atomic mass is 9.65. The highest BCUT2D eigenvalue weighted by molar-refractivity contribution is 7.26. The number of rotatable bonds is 5. The molecule has 1 aliphatic heterocycles. The average molecular weight is 897 g/mol. The van der Waals surface area contributed by atoms with Crippen LogP contribution in [0.4, 0.5) is 0 Å². The van der Waals surface area contributed by atoms with Gasteiger partial charge in [-0.2, -0.15) is 0 Å². The summed E-state index contributed by atoms with van der Waals surface area (Å²) in [4.78, 5) is 26.8. The molecule has 2 aliphatic rings. The standard InChI is InChI=1S/C62H36N6S/c1-4-18-37(19-5-1)54-57-55(43-25-11-15-33-52(43)69-57)64-60(63-54)40-34-35-46-45(36-40)53-44(61-66-58(38-20-6-2-7-21-38)65-59(67-61)39-22-8-3-9-23-39)27-17-29-48(53)62(46)47-28-12-14-32-51(47)68-50-31-13-10-24-41(50)42-26-16-30-49(62)56(42)68/h1-36H. The highest BCUT2D eigenvalue weighted by Crippen LogP contribution is 2.63. The molecule has 0 N–H and O–H groups in total. The molecule has 0 saturated heterocycles. The SMILES string of the molecule is c1ccc(-c2nc(-c3ccccc3)nc(-c3cccc4c3-c3cc(-c5nc(-c6ccccc6)c6sc7ccccc7c6n5)ccc3C43c4ccccc4-n4c5ccccc5c5cccc3c54)n2)cc1. The van der Waals surface area contributed by atoms with E-state index in [9.17, 15) is 0 Å². The van der Waals surface area contributed by atoms with Crippen molar-refractivity contribution in [3.05, 3.63) is 241 Å². The summed E-state index contributed by atoms with van der Waals surface area (Å²) >= 11 is 1.75. The second-order valence-corrected chi connectivity index (χ2v) is 18.9. The first kappa shape index (κ1) is 38.2. The maximum atomic E-state index is 5.48. The van der Waals surface area contributed by atoms with Gasteiger partial charge in [0.2, 0.25) is 0 Å². The number of aromatic nitrogens is 6. The minimum Gasteiger partial charge on any atom is -0.309 e. The fraction of sp³-hybridized carbons (Fsp3) is 0.0161. The topological polar surface area (TPSA) is 69.4 Å². The zero-order valence-electron chi connectivity index (χ0n) is 36.9. The van der Waals surface area contributed by atoms with Crippen molar-refractivity contribution in [2.75, 3.05) is 0 Å². The molecule has 0 saturated carbocycles. The number of thiophene rings is 1. The molecule has 1 spiro atoms. The summed E-state index contributed by atoms with van der Waals surface area (Å²) in [5.41, 5.74) is 16.5. The predicted octanol–water partition coefficient (Wildman–Crippen LogP) is 15.1. The van der Waals surface area contributed by atoms with E-state index in [4.69, 9.17) is 24.9 Å². The smallest absolute Gasteiger partial charge is 0.164 e. The lowest BCUT2D eigenvalue weighted by Gasteiger charge is -2.39. The third-order valence-electron chi connectivity index (χ3n) is 14.3. The van der Waals surface area contributed by atoms with Gasteiger partial charge in [-0.3, -0.25) is 0 Å². The quantitative estimate of drug-likeness (QED) is 0.172. The number of hydrogen-bond acceptors (Lipinski definition) is 6. The van der Waals surface area contributed by atoms with Gasteiger partial charge >= 0.3 is 0 Å². The van der Waals surface area contributed by atoms with Crippen LogP contribution in [0.5, 0.6) is 0 Å². The number of benzene rings is 9. The molecule has 9 aromatic carbocycles. The molecule has 1 unspecified atom stereocenters. The summed E-state index contributed by atoms with van der Waals surface area (Å²) < 4.78 is 4.76. The van der Waals surface area contributed by atoms with Crippen LogP contribution in [-0.4, -0.2) is 29.5 Å². The molecule has 13 aromatic rings. The van der Waals surface area contributed by atoms with Gasteiger partial charge in [-0.15, -0.1) is 11.3 Å². The van der Waals surface area contributed by atoms with Crippen LogP contribution in [0, 0.1) is 0 Å². The molecule has 15 rings (SSSR count). The van der Waals surface area contributed by atoms with E-state index < -0.39 is 5.41 Å². The lowest BCUT2D eigenvalue weighted by Crippen LogP contribution is -2.33. The number of fused-ring (bicyclic) bond motifs is 15. The Hall–Kier alpha value is -8.91. The van der Waals surface area contributed by atoms with Gasteiger partial charge in [0.15, 0.2) is 23.3 Å². The zero-order valence-corrected chi connectivity index (χ0v) is 37.7. The van der Waals surface area contributed by atoms with Gasteiger partial charge in [-0.1, -0.05) is 194 Å². The van der Waals surface area contributed by atoms with Crippen LogP contribution < -0.4 is 0 Å². The molecule has 0 amide bonds. The van der Waals surface area contributed by atoms with Crippen molar-refractivity contribution in [2.24, 2.45) is 0 Å². The van der Waals surface area contributed by atoms with Gasteiger partial charge in [0, 0.05) is 48.7 Å². The van der Waals surface area contributed by atoms with Gasteiger partial charge in [-0.25, -0.2) is 24.9 Å². The van der Waals surface area contributed by atoms with E-state index in [1.165, 1.54) is 54.4 Å². The van der Waals surface area contributed by atoms with Gasteiger partial charge in [0.05, 0.1) is 38.0 Å². The van der Waals surface area contributed by atoms with Crippen molar-refractivity contribution in [1.29, 1.82) is 0 Å². The Morgan fingerprint density at radius 1 is 0.377 bits per heavy atom. The van der Waals surface area contributed by atoms with Crippen molar-refractivity contribution in [3.63, 3.8) is 0 Å². The van der Waals surface area contributed by atoms with E-state index in [1.807, 2.05) is 36.4 Å². The molecule has 69 heavy (non-hydrogen) atoms. The average Bonchev–Trinajstić information content (AvgIpc) is 4.07. The minimum atomic E-state index is -0.708. The van der Waals surface area contributed by atoms with Crippen LogP contribution in [0.1, 0.15) is 22.3 Å². The van der Waals surface area contributed by atoms with Gasteiger partial charge in [0.1, 0.15) is 0 Å². The van der Waals surface area contributed by atoms with Crippen molar-refractivity contribution in [1.82, 2.24) is 29.5 Å². The summed E-state index contributed by atoms with van der Waals surface area (Å²) in [7, 11) is 0. The number of hydrogen-bond donors (Lipinski definition) is 0. The Balaban J connectivity index is 1.06. The van der Waals surface area contributed by atoms with Gasteiger partial charge < -0.3 is 4.57 Å². The fourth-order valence-electron chi connectivity index (χ4n) is 11.4. The van der Waals surface area contributed by atoms with Crippen LogP contribution in [0.25, 0.3) is 116 Å². The van der Waals surface area contributed by atoms with Crippen molar-refractivity contribution in [2.45, 2.75) is 5.41 Å². The summed E-state index contributed by atoms with van der Waals surface area (Å²) in [5, 5.41) is 3.60. The molecule has 1 atom stereocenters. The molecule has 0 radical (unpaired) electrons. The van der Waals surface area contributed by atoms with E-state index in [-0.39, 0.29) is 0 Å². The monoisotopic (exact) mass is 896 g/mol. The summed E-state index contributed by atoms with van der Waals surface area (Å²) in [6.07, 6.45) is 0. The van der Waals surface area contributed by atoms with E-state index in [0.29, 0.717) is 23.3 Å². The maximum Gasteiger partial charge on any atom is 0.164 e. The Morgan fingerprint density at radius 3 is 1.75 bits per heavy atom. The third-order valence-corrected chi connectivity index (χ3v) is 15.4. The van der Waals surface area contributed by atoms with Gasteiger partial charge in [-0.05, 0) is 57.6 Å². The fourth-order valence-corrected chi connectivity index (χ4v) is 12.6. The zero-order chi connectivity index (χ0) is 45.2. The normalized spacial score (nSPS) is 14.4. The van der Waals surface area contributed by atoms with E-state index in [2.05, 4.69) is 187 Å². The molecule has 7 heteroatoms. The van der Waals surface area contributed by atoms with Gasteiger partial charge in [0.25, 0.3) is 0 Å². The van der Waals surface area contributed by atoms with Crippen LogP contribution in [0.3, 0.4) is 0 Å². The van der Waals surface area contributed by atoms with Crippen molar-refractivity contribution >= 4 is 53.4 Å². The number of nitrogens with zero attached hydrogens (tertiary/aromatic N) is 6. The molecular formula is C62H36N6S. The van der Waals surface area contributed by atoms with Crippen LogP contribution in [0.2, 0.25) is 0 Å². The highest BCUT2D eigenvalue weighted by atomic mass is 32.1. The van der Waals surface area contributed by atoms with E-state index in [0.717, 1.165) is 60.2 Å². The molecule has 4 aromatic heterocycles. The third kappa shape index (κ3) is 5.39. The first-order valence-corrected chi connectivity index (χ1v) is 24.1. The summed E-state index contributed by atoms with van der Waals surface area (Å²) in [6.45, 7) is 0. The molecule has 0 fully saturated rings. The lowest BCUT2D eigenvalue weighted by molar-refractivity contribution is 0.748. The molecule has 0 bridgehead atoms. The molecule has 5 heterocycles. The van der Waals surface area contributed by atoms with Crippen LogP contribution >= 0.6 is 11.3 Å². The Morgan fingerprint density at radius 2 is 0.971 bits per heavy atom. The van der Waals surface area contributed by atoms with Crippen LogP contribution in [-0.2, 0) is 5.41 Å². The summed E-state index contributed by atoms with van der Waals surface area (Å²) in [5.74, 6) is 2.53. The molecule has 1 aliphatic carbocycles.